The topological polar surface area (TPSA) is 65.9 Å². The van der Waals surface area contributed by atoms with Crippen molar-refractivity contribution in [3.8, 4) is 0 Å². The van der Waals surface area contributed by atoms with Crippen molar-refractivity contribution in [1.29, 1.82) is 0 Å². The zero-order valence-corrected chi connectivity index (χ0v) is 16.1. The number of carbonyl (C=O) groups excluding carboxylic acids is 2. The van der Waals surface area contributed by atoms with E-state index in [-0.39, 0.29) is 11.8 Å². The monoisotopic (exact) mass is 387 g/mol. The number of hydrogen-bond donors (Lipinski definition) is 3. The fraction of sp³-hybridized carbons (Fsp3) is 0.300. The summed E-state index contributed by atoms with van der Waals surface area (Å²) >= 11 is 6.27. The number of nitrogens with one attached hydrogen (secondary N) is 3. The number of rotatable bonds is 5. The number of quaternary nitrogens is 1. The summed E-state index contributed by atoms with van der Waals surface area (Å²) in [7, 11) is 0. The maximum atomic E-state index is 12.3. The van der Waals surface area contributed by atoms with Crippen molar-refractivity contribution in [1.82, 2.24) is 0 Å². The van der Waals surface area contributed by atoms with E-state index in [4.69, 9.17) is 11.6 Å². The molecule has 1 saturated heterocycles. The lowest BCUT2D eigenvalue weighted by Crippen LogP contribution is -3.15. The van der Waals surface area contributed by atoms with Crippen molar-refractivity contribution in [2.75, 3.05) is 48.3 Å². The predicted octanol–water partition coefficient (Wildman–Crippen LogP) is 1.64. The molecule has 0 saturated carbocycles. The van der Waals surface area contributed by atoms with Crippen LogP contribution in [0, 0.1) is 0 Å². The highest BCUT2D eigenvalue weighted by Gasteiger charge is 2.23. The van der Waals surface area contributed by atoms with Crippen LogP contribution in [0.4, 0.5) is 17.1 Å². The smallest absolute Gasteiger partial charge is 0.279 e. The normalized spacial score (nSPS) is 14.7. The lowest BCUT2D eigenvalue weighted by Gasteiger charge is -2.33. The van der Waals surface area contributed by atoms with Crippen molar-refractivity contribution in [2.45, 2.75) is 6.92 Å². The number of hydrogen-bond acceptors (Lipinski definition) is 3. The highest BCUT2D eigenvalue weighted by molar-refractivity contribution is 6.33. The van der Waals surface area contributed by atoms with E-state index in [1.165, 1.54) is 11.8 Å². The molecule has 3 N–H and O–H groups in total. The fourth-order valence-corrected chi connectivity index (χ4v) is 3.48. The van der Waals surface area contributed by atoms with Gasteiger partial charge in [-0.25, -0.2) is 0 Å². The quantitative estimate of drug-likeness (QED) is 0.730. The Balaban J connectivity index is 1.47. The van der Waals surface area contributed by atoms with Gasteiger partial charge in [-0.2, -0.15) is 0 Å². The van der Waals surface area contributed by atoms with Gasteiger partial charge < -0.3 is 20.4 Å². The van der Waals surface area contributed by atoms with Gasteiger partial charge in [-0.3, -0.25) is 9.59 Å². The van der Waals surface area contributed by atoms with E-state index in [1.54, 1.807) is 24.3 Å². The van der Waals surface area contributed by atoms with E-state index in [9.17, 15) is 9.59 Å². The van der Waals surface area contributed by atoms with Crippen LogP contribution in [0.1, 0.15) is 6.92 Å². The van der Waals surface area contributed by atoms with Gasteiger partial charge in [0, 0.05) is 18.3 Å². The Morgan fingerprint density at radius 3 is 2.19 bits per heavy atom. The van der Waals surface area contributed by atoms with Gasteiger partial charge >= 0.3 is 0 Å². The minimum absolute atomic E-state index is 0.0107. The minimum atomic E-state index is -0.119. The van der Waals surface area contributed by atoms with Crippen LogP contribution < -0.4 is 20.4 Å². The molecule has 27 heavy (non-hydrogen) atoms. The third kappa shape index (κ3) is 5.45. The Kier molecular flexibility index (Phi) is 6.32. The maximum Gasteiger partial charge on any atom is 0.279 e. The first kappa shape index (κ1) is 19.2. The summed E-state index contributed by atoms with van der Waals surface area (Å²) < 4.78 is 0. The lowest BCUT2D eigenvalue weighted by atomic mass is 10.2. The molecule has 2 aromatic rings. The first-order valence-corrected chi connectivity index (χ1v) is 9.39. The average Bonchev–Trinajstić information content (AvgIpc) is 2.64. The van der Waals surface area contributed by atoms with Gasteiger partial charge in [-0.1, -0.05) is 23.7 Å². The molecule has 1 aliphatic rings. The highest BCUT2D eigenvalue weighted by atomic mass is 35.5. The number of halogens is 1. The summed E-state index contributed by atoms with van der Waals surface area (Å²) in [6.45, 7) is 5.42. The van der Waals surface area contributed by atoms with Crippen LogP contribution in [0.25, 0.3) is 0 Å². The van der Waals surface area contributed by atoms with Gasteiger partial charge in [-0.05, 0) is 36.4 Å². The lowest BCUT2D eigenvalue weighted by molar-refractivity contribution is -0.892. The van der Waals surface area contributed by atoms with Crippen LogP contribution in [-0.4, -0.2) is 44.5 Å². The Morgan fingerprint density at radius 2 is 1.59 bits per heavy atom. The molecule has 7 heteroatoms. The van der Waals surface area contributed by atoms with Gasteiger partial charge in [0.1, 0.15) is 0 Å². The highest BCUT2D eigenvalue weighted by Crippen LogP contribution is 2.24. The largest absolute Gasteiger partial charge is 0.359 e. The molecule has 6 nitrogen and oxygen atoms in total. The summed E-state index contributed by atoms with van der Waals surface area (Å²) in [5.41, 5.74) is 2.49. The number of amides is 2. The van der Waals surface area contributed by atoms with Crippen LogP contribution in [0.3, 0.4) is 0 Å². The molecule has 1 aliphatic heterocycles. The van der Waals surface area contributed by atoms with Crippen LogP contribution in [0.2, 0.25) is 5.02 Å². The molecule has 0 atom stereocenters. The van der Waals surface area contributed by atoms with E-state index in [1.807, 2.05) is 24.3 Å². The summed E-state index contributed by atoms with van der Waals surface area (Å²) in [6, 6.07) is 15.0. The van der Waals surface area contributed by atoms with Crippen molar-refractivity contribution >= 4 is 40.5 Å². The molecular formula is C20H24ClN4O2+. The van der Waals surface area contributed by atoms with Crippen LogP contribution in [0.15, 0.2) is 48.5 Å². The third-order valence-electron chi connectivity index (χ3n) is 4.56. The van der Waals surface area contributed by atoms with E-state index < -0.39 is 0 Å². The van der Waals surface area contributed by atoms with E-state index in [0.717, 1.165) is 42.6 Å². The Bertz CT molecular complexity index is 802. The van der Waals surface area contributed by atoms with Crippen molar-refractivity contribution in [3.05, 3.63) is 53.6 Å². The second-order valence-corrected chi connectivity index (χ2v) is 7.08. The number of piperazine rings is 1. The fourth-order valence-electron chi connectivity index (χ4n) is 3.22. The molecule has 0 radical (unpaired) electrons. The maximum absolute atomic E-state index is 12.3. The molecule has 142 valence electrons. The predicted molar refractivity (Wildman–Crippen MR) is 109 cm³/mol. The summed E-state index contributed by atoms with van der Waals surface area (Å²) in [4.78, 5) is 26.9. The van der Waals surface area contributed by atoms with E-state index in [0.29, 0.717) is 12.2 Å². The van der Waals surface area contributed by atoms with Gasteiger partial charge in [0.15, 0.2) is 6.54 Å². The first-order valence-electron chi connectivity index (χ1n) is 9.02. The second-order valence-electron chi connectivity index (χ2n) is 6.67. The summed E-state index contributed by atoms with van der Waals surface area (Å²) in [5.74, 6) is -0.130. The van der Waals surface area contributed by atoms with Crippen LogP contribution in [-0.2, 0) is 9.59 Å². The Morgan fingerprint density at radius 1 is 1.00 bits per heavy atom. The molecular weight excluding hydrogens is 364 g/mol. The molecule has 1 fully saturated rings. The molecule has 1 heterocycles. The van der Waals surface area contributed by atoms with E-state index in [2.05, 4.69) is 15.5 Å². The zero-order valence-electron chi connectivity index (χ0n) is 15.3. The van der Waals surface area contributed by atoms with Gasteiger partial charge in [0.25, 0.3) is 5.91 Å². The molecule has 0 bridgehead atoms. The first-order chi connectivity index (χ1) is 13.0. The van der Waals surface area contributed by atoms with Gasteiger partial charge in [0.2, 0.25) is 5.91 Å². The zero-order chi connectivity index (χ0) is 19.2. The van der Waals surface area contributed by atoms with E-state index >= 15 is 0 Å². The minimum Gasteiger partial charge on any atom is -0.359 e. The molecule has 0 unspecified atom stereocenters. The Hall–Kier alpha value is -2.57. The van der Waals surface area contributed by atoms with Crippen LogP contribution >= 0.6 is 11.6 Å². The van der Waals surface area contributed by atoms with Crippen molar-refractivity contribution in [2.24, 2.45) is 0 Å². The van der Waals surface area contributed by atoms with Gasteiger partial charge in [-0.15, -0.1) is 0 Å². The third-order valence-corrected chi connectivity index (χ3v) is 4.88. The Labute approximate surface area is 164 Å². The average molecular weight is 388 g/mol. The van der Waals surface area contributed by atoms with Crippen LogP contribution in [0.5, 0.6) is 0 Å². The molecule has 0 spiro atoms. The summed E-state index contributed by atoms with van der Waals surface area (Å²) in [5, 5.41) is 6.38. The molecule has 2 amide bonds. The van der Waals surface area contributed by atoms with Gasteiger partial charge in [0.05, 0.1) is 36.9 Å². The molecule has 3 rings (SSSR count). The molecule has 0 aliphatic carbocycles. The molecule has 2 aromatic carbocycles. The summed E-state index contributed by atoms with van der Waals surface area (Å²) in [6.07, 6.45) is 0. The molecule has 0 aromatic heterocycles. The number of nitrogens with zero attached hydrogens (tertiary/aromatic N) is 1. The number of anilines is 3. The second kappa shape index (κ2) is 8.88. The number of para-hydroxylation sites is 1. The van der Waals surface area contributed by atoms with Crippen molar-refractivity contribution < 1.29 is 14.5 Å². The number of carbonyl (C=O) groups is 2. The standard InChI is InChI=1S/C20H23ClN4O2/c1-15(26)22-16-6-8-17(9-7-16)23-20(27)14-24-10-12-25(13-11-24)19-5-3-2-4-18(19)21/h2-9H,10-14H2,1H3,(H,22,26)(H,23,27)/p+1. The SMILES string of the molecule is CC(=O)Nc1ccc(NC(=O)C[NH+]2CCN(c3ccccc3Cl)CC2)cc1. The van der Waals surface area contributed by atoms with Crippen molar-refractivity contribution in [3.63, 3.8) is 0 Å². The number of benzene rings is 2.